The van der Waals surface area contributed by atoms with Crippen molar-refractivity contribution in [2.24, 2.45) is 0 Å². The highest BCUT2D eigenvalue weighted by Crippen LogP contribution is 2.23. The molecule has 1 fully saturated rings. The molecule has 6 heteroatoms. The van der Waals surface area contributed by atoms with Crippen molar-refractivity contribution in [1.82, 2.24) is 14.8 Å². The van der Waals surface area contributed by atoms with E-state index in [1.54, 1.807) is 6.20 Å². The standard InChI is InChI=1S/C18H19BrFN3O/c1-13(14-3-2-6-21-12-14)22-7-9-23(10-8-22)18(24)16-5-4-15(20)11-17(16)19/h2-6,11-13H,7-10H2,1H3. The molecule has 3 rings (SSSR count). The van der Waals surface area contributed by atoms with Crippen LogP contribution in [0.1, 0.15) is 28.9 Å². The molecule has 0 bridgehead atoms. The van der Waals surface area contributed by atoms with E-state index < -0.39 is 0 Å². The van der Waals surface area contributed by atoms with Crippen molar-refractivity contribution in [2.75, 3.05) is 26.2 Å². The second-order valence-corrected chi connectivity index (χ2v) is 6.77. The van der Waals surface area contributed by atoms with Crippen molar-refractivity contribution in [3.8, 4) is 0 Å². The minimum Gasteiger partial charge on any atom is -0.336 e. The van der Waals surface area contributed by atoms with E-state index in [0.29, 0.717) is 23.1 Å². The minimum atomic E-state index is -0.353. The Bertz CT molecular complexity index is 717. The van der Waals surface area contributed by atoms with Gasteiger partial charge in [-0.1, -0.05) is 6.07 Å². The Morgan fingerprint density at radius 1 is 1.25 bits per heavy atom. The number of halogens is 2. The molecular formula is C18H19BrFN3O. The van der Waals surface area contributed by atoms with E-state index in [-0.39, 0.29) is 17.8 Å². The van der Waals surface area contributed by atoms with E-state index in [4.69, 9.17) is 0 Å². The average Bonchev–Trinajstić information content (AvgIpc) is 2.61. The fraction of sp³-hybridized carbons (Fsp3) is 0.333. The number of aromatic nitrogens is 1. The number of carbonyl (C=O) groups is 1. The second-order valence-electron chi connectivity index (χ2n) is 5.91. The van der Waals surface area contributed by atoms with E-state index >= 15 is 0 Å². The van der Waals surface area contributed by atoms with Crippen LogP contribution in [0.15, 0.2) is 47.2 Å². The molecule has 1 aliphatic rings. The predicted molar refractivity (Wildman–Crippen MR) is 94.2 cm³/mol. The summed E-state index contributed by atoms with van der Waals surface area (Å²) in [5.74, 6) is -0.413. The number of pyridine rings is 1. The highest BCUT2D eigenvalue weighted by Gasteiger charge is 2.26. The quantitative estimate of drug-likeness (QED) is 0.803. The molecule has 0 radical (unpaired) electrons. The van der Waals surface area contributed by atoms with Gasteiger partial charge in [-0.3, -0.25) is 14.7 Å². The Kier molecular flexibility index (Phi) is 5.26. The first kappa shape index (κ1) is 17.0. The topological polar surface area (TPSA) is 36.4 Å². The van der Waals surface area contributed by atoms with Crippen LogP contribution in [0.5, 0.6) is 0 Å². The van der Waals surface area contributed by atoms with Crippen molar-refractivity contribution in [3.63, 3.8) is 0 Å². The zero-order valence-electron chi connectivity index (χ0n) is 13.5. The molecular weight excluding hydrogens is 373 g/mol. The third kappa shape index (κ3) is 3.65. The van der Waals surface area contributed by atoms with E-state index in [1.807, 2.05) is 17.2 Å². The third-order valence-electron chi connectivity index (χ3n) is 4.48. The molecule has 2 heterocycles. The lowest BCUT2D eigenvalue weighted by atomic mass is 10.1. The number of rotatable bonds is 3. The van der Waals surface area contributed by atoms with Gasteiger partial charge in [0.1, 0.15) is 5.82 Å². The summed E-state index contributed by atoms with van der Waals surface area (Å²) in [6.45, 7) is 5.09. The number of hydrogen-bond donors (Lipinski definition) is 0. The maximum atomic E-state index is 13.2. The van der Waals surface area contributed by atoms with Crippen molar-refractivity contribution in [2.45, 2.75) is 13.0 Å². The first-order valence-electron chi connectivity index (χ1n) is 7.94. The van der Waals surface area contributed by atoms with Crippen LogP contribution in [0.4, 0.5) is 4.39 Å². The molecule has 2 aromatic rings. The van der Waals surface area contributed by atoms with Crippen molar-refractivity contribution in [1.29, 1.82) is 0 Å². The van der Waals surface area contributed by atoms with Crippen LogP contribution in [0.3, 0.4) is 0 Å². The van der Waals surface area contributed by atoms with Crippen LogP contribution in [0.25, 0.3) is 0 Å². The molecule has 1 amide bonds. The molecule has 1 saturated heterocycles. The van der Waals surface area contributed by atoms with Gasteiger partial charge in [-0.15, -0.1) is 0 Å². The summed E-state index contributed by atoms with van der Waals surface area (Å²) < 4.78 is 13.7. The first-order chi connectivity index (χ1) is 11.6. The molecule has 0 N–H and O–H groups in total. The van der Waals surface area contributed by atoms with Crippen LogP contribution < -0.4 is 0 Å². The molecule has 1 unspecified atom stereocenters. The van der Waals surface area contributed by atoms with Crippen molar-refractivity contribution >= 4 is 21.8 Å². The fourth-order valence-electron chi connectivity index (χ4n) is 2.98. The summed E-state index contributed by atoms with van der Waals surface area (Å²) in [6, 6.07) is 8.47. The normalized spacial score (nSPS) is 16.9. The highest BCUT2D eigenvalue weighted by molar-refractivity contribution is 9.10. The highest BCUT2D eigenvalue weighted by atomic mass is 79.9. The largest absolute Gasteiger partial charge is 0.336 e. The SMILES string of the molecule is CC(c1cccnc1)N1CCN(C(=O)c2ccc(F)cc2Br)CC1. The summed E-state index contributed by atoms with van der Waals surface area (Å²) >= 11 is 3.28. The smallest absolute Gasteiger partial charge is 0.255 e. The van der Waals surface area contributed by atoms with Crippen LogP contribution in [-0.4, -0.2) is 46.9 Å². The molecule has 1 aromatic carbocycles. The number of amides is 1. The van der Waals surface area contributed by atoms with E-state index in [0.717, 1.165) is 13.1 Å². The lowest BCUT2D eigenvalue weighted by molar-refractivity contribution is 0.0581. The van der Waals surface area contributed by atoms with Gasteiger partial charge in [0.05, 0.1) is 5.56 Å². The van der Waals surface area contributed by atoms with Gasteiger partial charge in [-0.25, -0.2) is 4.39 Å². The number of hydrogen-bond acceptors (Lipinski definition) is 3. The Hall–Kier alpha value is -1.79. The van der Waals surface area contributed by atoms with Gasteiger partial charge in [0.25, 0.3) is 5.91 Å². The molecule has 126 valence electrons. The summed E-state index contributed by atoms with van der Waals surface area (Å²) in [4.78, 5) is 21.0. The zero-order chi connectivity index (χ0) is 17.1. The van der Waals surface area contributed by atoms with Crippen LogP contribution >= 0.6 is 15.9 Å². The molecule has 0 spiro atoms. The molecule has 1 aliphatic heterocycles. The van der Waals surface area contributed by atoms with Gasteiger partial charge in [0, 0.05) is 49.1 Å². The monoisotopic (exact) mass is 391 g/mol. The summed E-state index contributed by atoms with van der Waals surface area (Å²) in [5, 5.41) is 0. The van der Waals surface area contributed by atoms with Gasteiger partial charge in [-0.2, -0.15) is 0 Å². The van der Waals surface area contributed by atoms with Gasteiger partial charge >= 0.3 is 0 Å². The summed E-state index contributed by atoms with van der Waals surface area (Å²) in [5.41, 5.74) is 1.68. The van der Waals surface area contributed by atoms with Gasteiger partial charge in [-0.05, 0) is 52.7 Å². The Balaban J connectivity index is 1.63. The maximum absolute atomic E-state index is 13.2. The molecule has 0 aliphatic carbocycles. The lowest BCUT2D eigenvalue weighted by Gasteiger charge is -2.38. The van der Waals surface area contributed by atoms with Gasteiger partial charge in [0.2, 0.25) is 0 Å². The van der Waals surface area contributed by atoms with E-state index in [1.165, 1.54) is 23.8 Å². The van der Waals surface area contributed by atoms with E-state index in [2.05, 4.69) is 38.8 Å². The Morgan fingerprint density at radius 3 is 2.62 bits per heavy atom. The number of piperazine rings is 1. The third-order valence-corrected chi connectivity index (χ3v) is 5.13. The van der Waals surface area contributed by atoms with Crippen molar-refractivity contribution < 1.29 is 9.18 Å². The molecule has 4 nitrogen and oxygen atoms in total. The minimum absolute atomic E-state index is 0.0597. The zero-order valence-corrected chi connectivity index (χ0v) is 15.0. The summed E-state index contributed by atoms with van der Waals surface area (Å²) in [7, 11) is 0. The molecule has 24 heavy (non-hydrogen) atoms. The van der Waals surface area contributed by atoms with Crippen LogP contribution in [0.2, 0.25) is 0 Å². The first-order valence-corrected chi connectivity index (χ1v) is 8.74. The fourth-order valence-corrected chi connectivity index (χ4v) is 3.50. The molecule has 0 saturated carbocycles. The van der Waals surface area contributed by atoms with Crippen LogP contribution in [0, 0.1) is 5.82 Å². The second kappa shape index (κ2) is 7.40. The number of carbonyl (C=O) groups excluding carboxylic acids is 1. The Morgan fingerprint density at radius 2 is 2.00 bits per heavy atom. The van der Waals surface area contributed by atoms with E-state index in [9.17, 15) is 9.18 Å². The summed E-state index contributed by atoms with van der Waals surface area (Å²) in [6.07, 6.45) is 3.66. The van der Waals surface area contributed by atoms with Crippen molar-refractivity contribution in [3.05, 3.63) is 64.1 Å². The average molecular weight is 392 g/mol. The lowest BCUT2D eigenvalue weighted by Crippen LogP contribution is -2.49. The molecule has 1 atom stereocenters. The maximum Gasteiger partial charge on any atom is 0.255 e. The number of nitrogens with zero attached hydrogens (tertiary/aromatic N) is 3. The number of benzene rings is 1. The Labute approximate surface area is 149 Å². The van der Waals surface area contributed by atoms with Gasteiger partial charge < -0.3 is 4.90 Å². The predicted octanol–water partition coefficient (Wildman–Crippen LogP) is 3.50. The van der Waals surface area contributed by atoms with Gasteiger partial charge in [0.15, 0.2) is 0 Å². The molecule has 1 aromatic heterocycles. The van der Waals surface area contributed by atoms with Crippen LogP contribution in [-0.2, 0) is 0 Å².